The molecule has 0 fully saturated rings. The molecule has 4 N–H and O–H groups in total. The average Bonchev–Trinajstić information content (AvgIpc) is 3.01. The van der Waals surface area contributed by atoms with Gasteiger partial charge in [-0.2, -0.15) is 9.29 Å². The number of nitrogens with two attached hydrogens (primary N) is 1. The van der Waals surface area contributed by atoms with Crippen molar-refractivity contribution >= 4 is 50.9 Å². The third kappa shape index (κ3) is 4.87. The number of carbonyl (C=O) groups excluding carboxylic acids is 1. The molecule has 12 heteroatoms. The van der Waals surface area contributed by atoms with Gasteiger partial charge in [-0.25, -0.2) is 13.5 Å². The fraction of sp³-hybridized carbons (Fsp3) is 0.357. The normalized spacial score (nSPS) is 11.7. The van der Waals surface area contributed by atoms with Gasteiger partial charge in [0.25, 0.3) is 0 Å². The summed E-state index contributed by atoms with van der Waals surface area (Å²) in [5.74, 6) is -0.205. The lowest BCUT2D eigenvalue weighted by Gasteiger charge is -2.19. The van der Waals surface area contributed by atoms with Gasteiger partial charge in [0, 0.05) is 13.1 Å². The molecule has 0 unspecified atom stereocenters. The van der Waals surface area contributed by atoms with Gasteiger partial charge in [0.05, 0.1) is 21.4 Å². The summed E-state index contributed by atoms with van der Waals surface area (Å²) in [5, 5.41) is 9.45. The number of hydrogen-bond donors (Lipinski definition) is 3. The van der Waals surface area contributed by atoms with Crippen LogP contribution in [0, 0.1) is 0 Å². The Hall–Kier alpha value is -1.82. The van der Waals surface area contributed by atoms with Crippen molar-refractivity contribution < 1.29 is 13.2 Å². The zero-order valence-electron chi connectivity index (χ0n) is 14.2. The van der Waals surface area contributed by atoms with Gasteiger partial charge in [-0.05, 0) is 18.2 Å². The van der Waals surface area contributed by atoms with Gasteiger partial charge in [-0.3, -0.25) is 4.79 Å². The number of nitrogens with zero attached hydrogens (tertiary/aromatic N) is 3. The molecule has 0 spiro atoms. The highest BCUT2D eigenvalue weighted by atomic mass is 35.5. The number of H-pyrrole nitrogens is 1. The molecule has 1 aromatic carbocycles. The number of amides is 1. The Balaban J connectivity index is 2.13. The molecule has 26 heavy (non-hydrogen) atoms. The molecule has 0 saturated carbocycles. The molecule has 1 amide bonds. The molecule has 0 aliphatic carbocycles. The Morgan fingerprint density at radius 2 is 2.08 bits per heavy atom. The van der Waals surface area contributed by atoms with Crippen molar-refractivity contribution in [3.8, 4) is 0 Å². The van der Waals surface area contributed by atoms with Crippen molar-refractivity contribution in [1.82, 2.24) is 19.5 Å². The van der Waals surface area contributed by atoms with Crippen molar-refractivity contribution in [2.45, 2.75) is 23.9 Å². The third-order valence-electron chi connectivity index (χ3n) is 3.37. The summed E-state index contributed by atoms with van der Waals surface area (Å²) in [6.07, 6.45) is 0. The number of nitrogen functional groups attached to an aromatic ring is 1. The first kappa shape index (κ1) is 20.5. The van der Waals surface area contributed by atoms with E-state index >= 15 is 0 Å². The van der Waals surface area contributed by atoms with E-state index in [1.807, 2.05) is 0 Å². The maximum atomic E-state index is 12.6. The maximum Gasteiger partial charge on any atom is 0.243 e. The number of thioether (sulfide) groups is 1. The van der Waals surface area contributed by atoms with Crippen molar-refractivity contribution in [2.75, 3.05) is 29.9 Å². The van der Waals surface area contributed by atoms with Gasteiger partial charge in [-0.1, -0.05) is 37.2 Å². The SMILES string of the molecule is CCN(CC)S(=O)(=O)c1ccc(Cl)c(NC(=O)CSc2n[nH]c(N)n2)c1. The third-order valence-corrected chi connectivity index (χ3v) is 6.59. The minimum absolute atomic E-state index is 0.0145. The molecule has 9 nitrogen and oxygen atoms in total. The van der Waals surface area contributed by atoms with Gasteiger partial charge < -0.3 is 11.1 Å². The molecule has 1 aromatic heterocycles. The van der Waals surface area contributed by atoms with Gasteiger partial charge >= 0.3 is 0 Å². The highest BCUT2D eigenvalue weighted by Crippen LogP contribution is 2.27. The summed E-state index contributed by atoms with van der Waals surface area (Å²) < 4.78 is 26.5. The second kappa shape index (κ2) is 8.71. The van der Waals surface area contributed by atoms with Crippen LogP contribution in [0.5, 0.6) is 0 Å². The zero-order chi connectivity index (χ0) is 19.3. The van der Waals surface area contributed by atoms with Crippen molar-refractivity contribution in [2.24, 2.45) is 0 Å². The van der Waals surface area contributed by atoms with E-state index in [-0.39, 0.29) is 33.2 Å². The van der Waals surface area contributed by atoms with Crippen LogP contribution in [0.2, 0.25) is 5.02 Å². The predicted octanol–water partition coefficient (Wildman–Crippen LogP) is 1.80. The Kier molecular flexibility index (Phi) is 6.87. The molecule has 0 aliphatic heterocycles. The van der Waals surface area contributed by atoms with Gasteiger partial charge in [-0.15, -0.1) is 5.10 Å². The lowest BCUT2D eigenvalue weighted by Crippen LogP contribution is -2.30. The Labute approximate surface area is 160 Å². The molecule has 2 aromatic rings. The number of aromatic amines is 1. The van der Waals surface area contributed by atoms with Crippen LogP contribution in [0.3, 0.4) is 0 Å². The maximum absolute atomic E-state index is 12.6. The van der Waals surface area contributed by atoms with E-state index in [1.54, 1.807) is 13.8 Å². The number of benzene rings is 1. The molecule has 142 valence electrons. The van der Waals surface area contributed by atoms with E-state index in [0.717, 1.165) is 11.8 Å². The fourth-order valence-corrected chi connectivity index (χ4v) is 4.37. The van der Waals surface area contributed by atoms with Crippen LogP contribution < -0.4 is 11.1 Å². The molecule has 1 heterocycles. The first-order valence-electron chi connectivity index (χ1n) is 7.68. The molecule has 0 atom stereocenters. The predicted molar refractivity (Wildman–Crippen MR) is 102 cm³/mol. The summed E-state index contributed by atoms with van der Waals surface area (Å²) in [6.45, 7) is 4.21. The molecular formula is C14H19ClN6O3S2. The van der Waals surface area contributed by atoms with Crippen LogP contribution in [0.4, 0.5) is 11.6 Å². The Morgan fingerprint density at radius 3 is 2.65 bits per heavy atom. The van der Waals surface area contributed by atoms with Crippen LogP contribution in [-0.4, -0.2) is 52.7 Å². The van der Waals surface area contributed by atoms with E-state index in [4.69, 9.17) is 17.3 Å². The minimum Gasteiger partial charge on any atom is -0.368 e. The van der Waals surface area contributed by atoms with E-state index in [0.29, 0.717) is 18.2 Å². The second-order valence-electron chi connectivity index (χ2n) is 5.07. The molecule has 0 radical (unpaired) electrons. The first-order chi connectivity index (χ1) is 12.3. The Morgan fingerprint density at radius 1 is 1.38 bits per heavy atom. The number of rotatable bonds is 8. The van der Waals surface area contributed by atoms with E-state index in [2.05, 4.69) is 20.5 Å². The average molecular weight is 419 g/mol. The lowest BCUT2D eigenvalue weighted by atomic mass is 10.3. The van der Waals surface area contributed by atoms with Gasteiger partial charge in [0.1, 0.15) is 0 Å². The van der Waals surface area contributed by atoms with Crippen LogP contribution in [0.25, 0.3) is 0 Å². The van der Waals surface area contributed by atoms with Crippen molar-refractivity contribution in [3.63, 3.8) is 0 Å². The van der Waals surface area contributed by atoms with E-state index in [1.165, 1.54) is 22.5 Å². The van der Waals surface area contributed by atoms with Gasteiger partial charge in [0.2, 0.25) is 27.0 Å². The van der Waals surface area contributed by atoms with Crippen LogP contribution in [-0.2, 0) is 14.8 Å². The number of hydrogen-bond acceptors (Lipinski definition) is 7. The largest absolute Gasteiger partial charge is 0.368 e. The van der Waals surface area contributed by atoms with Crippen molar-refractivity contribution in [3.05, 3.63) is 23.2 Å². The van der Waals surface area contributed by atoms with E-state index in [9.17, 15) is 13.2 Å². The van der Waals surface area contributed by atoms with Crippen LogP contribution in [0.1, 0.15) is 13.8 Å². The van der Waals surface area contributed by atoms with Crippen LogP contribution in [0.15, 0.2) is 28.3 Å². The highest BCUT2D eigenvalue weighted by Gasteiger charge is 2.22. The monoisotopic (exact) mass is 418 g/mol. The van der Waals surface area contributed by atoms with Crippen LogP contribution >= 0.6 is 23.4 Å². The number of nitrogens with one attached hydrogen (secondary N) is 2. The zero-order valence-corrected chi connectivity index (χ0v) is 16.6. The lowest BCUT2D eigenvalue weighted by molar-refractivity contribution is -0.113. The highest BCUT2D eigenvalue weighted by molar-refractivity contribution is 7.99. The molecule has 2 rings (SSSR count). The topological polar surface area (TPSA) is 134 Å². The summed E-state index contributed by atoms with van der Waals surface area (Å²) in [7, 11) is -3.65. The fourth-order valence-electron chi connectivity index (χ4n) is 2.11. The summed E-state index contributed by atoms with van der Waals surface area (Å²) in [4.78, 5) is 16.0. The molecule has 0 bridgehead atoms. The minimum atomic E-state index is -3.65. The Bertz CT molecular complexity index is 883. The second-order valence-corrected chi connectivity index (χ2v) is 8.36. The number of anilines is 2. The number of sulfonamides is 1. The molecular weight excluding hydrogens is 400 g/mol. The smallest absolute Gasteiger partial charge is 0.243 e. The number of carbonyl (C=O) groups is 1. The van der Waals surface area contributed by atoms with Crippen molar-refractivity contribution in [1.29, 1.82) is 0 Å². The summed E-state index contributed by atoms with van der Waals surface area (Å²) in [5.41, 5.74) is 5.63. The molecule has 0 saturated heterocycles. The number of halogens is 1. The first-order valence-corrected chi connectivity index (χ1v) is 10.5. The summed E-state index contributed by atoms with van der Waals surface area (Å²) in [6, 6.07) is 4.21. The molecule has 0 aliphatic rings. The van der Waals surface area contributed by atoms with Gasteiger partial charge in [0.15, 0.2) is 0 Å². The van der Waals surface area contributed by atoms with E-state index < -0.39 is 10.0 Å². The standard InChI is InChI=1S/C14H19ClN6O3S2/c1-3-21(4-2)26(23,24)9-5-6-10(15)11(7-9)17-12(22)8-25-14-18-13(16)19-20-14/h5-7H,3-4,8H2,1-2H3,(H,17,22)(H3,16,18,19,20). The summed E-state index contributed by atoms with van der Waals surface area (Å²) >= 11 is 7.16. The quantitative estimate of drug-likeness (QED) is 0.556. The number of aromatic nitrogens is 3.